The Bertz CT molecular complexity index is 991. The summed E-state index contributed by atoms with van der Waals surface area (Å²) in [5.41, 5.74) is 2.49. The molecule has 1 amide bonds. The molecule has 0 radical (unpaired) electrons. The molecule has 1 N–H and O–H groups in total. The van der Waals surface area contributed by atoms with E-state index in [-0.39, 0.29) is 5.91 Å². The quantitative estimate of drug-likeness (QED) is 0.268. The van der Waals surface area contributed by atoms with Gasteiger partial charge in [-0.05, 0) is 58.2 Å². The second-order valence-electron chi connectivity index (χ2n) is 7.62. The van der Waals surface area contributed by atoms with Crippen molar-refractivity contribution < 1.29 is 14.3 Å². The normalized spacial score (nSPS) is 10.6. The van der Waals surface area contributed by atoms with Crippen molar-refractivity contribution in [2.75, 3.05) is 18.5 Å². The lowest BCUT2D eigenvalue weighted by atomic mass is 10.2. The first-order chi connectivity index (χ1) is 15.7. The van der Waals surface area contributed by atoms with Crippen LogP contribution < -0.4 is 14.8 Å². The number of benzene rings is 3. The molecule has 0 aliphatic rings. The first-order valence-electron chi connectivity index (χ1n) is 11.2. The molecule has 0 aliphatic heterocycles. The fraction of sp³-hybridized carbons (Fsp3) is 0.296. The van der Waals surface area contributed by atoms with Crippen LogP contribution in [0.5, 0.6) is 11.5 Å². The highest BCUT2D eigenvalue weighted by Gasteiger charge is 2.10. The van der Waals surface area contributed by atoms with E-state index in [1.54, 1.807) is 12.1 Å². The van der Waals surface area contributed by atoms with E-state index in [4.69, 9.17) is 9.47 Å². The molecule has 0 spiro atoms. The summed E-state index contributed by atoms with van der Waals surface area (Å²) in [6.07, 6.45) is 5.47. The average Bonchev–Trinajstić information content (AvgIpc) is 2.81. The SMILES string of the molecule is CCCCCCOc1ccc(C(=O)Nc2cccc(OCCc3ccccc3)c2)cc1Br. The molecule has 32 heavy (non-hydrogen) atoms. The minimum Gasteiger partial charge on any atom is -0.493 e. The van der Waals surface area contributed by atoms with Crippen molar-refractivity contribution in [2.45, 2.75) is 39.0 Å². The maximum atomic E-state index is 12.7. The molecular formula is C27H30BrNO3. The summed E-state index contributed by atoms with van der Waals surface area (Å²) in [4.78, 5) is 12.7. The molecule has 3 aromatic rings. The third kappa shape index (κ3) is 7.72. The number of hydrogen-bond acceptors (Lipinski definition) is 3. The number of hydrogen-bond donors (Lipinski definition) is 1. The molecule has 0 bridgehead atoms. The van der Waals surface area contributed by atoms with Crippen molar-refractivity contribution in [2.24, 2.45) is 0 Å². The Hall–Kier alpha value is -2.79. The van der Waals surface area contributed by atoms with Gasteiger partial charge in [0.25, 0.3) is 5.91 Å². The smallest absolute Gasteiger partial charge is 0.255 e. The number of carbonyl (C=O) groups excluding carboxylic acids is 1. The van der Waals surface area contributed by atoms with E-state index in [0.29, 0.717) is 24.5 Å². The Balaban J connectivity index is 1.51. The number of rotatable bonds is 12. The third-order valence-electron chi connectivity index (χ3n) is 5.04. The van der Waals surface area contributed by atoms with Crippen LogP contribution in [0.4, 0.5) is 5.69 Å². The molecule has 0 atom stereocenters. The zero-order valence-corrected chi connectivity index (χ0v) is 20.1. The number of unbranched alkanes of at least 4 members (excludes halogenated alkanes) is 3. The number of anilines is 1. The Kier molecular flexibility index (Phi) is 9.63. The van der Waals surface area contributed by atoms with Crippen molar-refractivity contribution in [3.05, 3.63) is 88.4 Å². The highest BCUT2D eigenvalue weighted by molar-refractivity contribution is 9.10. The van der Waals surface area contributed by atoms with Gasteiger partial charge in [-0.3, -0.25) is 4.79 Å². The molecule has 3 rings (SSSR count). The summed E-state index contributed by atoms with van der Waals surface area (Å²) in [6.45, 7) is 3.45. The first kappa shape index (κ1) is 23.9. The number of amides is 1. The van der Waals surface area contributed by atoms with E-state index < -0.39 is 0 Å². The molecule has 0 aromatic heterocycles. The molecule has 0 fully saturated rings. The third-order valence-corrected chi connectivity index (χ3v) is 5.66. The Labute approximate surface area is 199 Å². The monoisotopic (exact) mass is 495 g/mol. The molecular weight excluding hydrogens is 466 g/mol. The predicted molar refractivity (Wildman–Crippen MR) is 134 cm³/mol. The van der Waals surface area contributed by atoms with Gasteiger partial charge in [-0.25, -0.2) is 0 Å². The van der Waals surface area contributed by atoms with Gasteiger partial charge in [0.2, 0.25) is 0 Å². The fourth-order valence-corrected chi connectivity index (χ4v) is 3.76. The van der Waals surface area contributed by atoms with Crippen LogP contribution in [0.25, 0.3) is 0 Å². The topological polar surface area (TPSA) is 47.6 Å². The van der Waals surface area contributed by atoms with E-state index in [1.165, 1.54) is 24.8 Å². The zero-order chi connectivity index (χ0) is 22.6. The summed E-state index contributed by atoms with van der Waals surface area (Å²) in [5.74, 6) is 1.31. The maximum absolute atomic E-state index is 12.7. The van der Waals surface area contributed by atoms with Gasteiger partial charge in [-0.2, -0.15) is 0 Å². The fourth-order valence-electron chi connectivity index (χ4n) is 3.27. The van der Waals surface area contributed by atoms with Gasteiger partial charge in [0, 0.05) is 23.7 Å². The van der Waals surface area contributed by atoms with Gasteiger partial charge in [0.15, 0.2) is 0 Å². The minimum absolute atomic E-state index is 0.179. The highest BCUT2D eigenvalue weighted by atomic mass is 79.9. The van der Waals surface area contributed by atoms with E-state index in [2.05, 4.69) is 40.3 Å². The van der Waals surface area contributed by atoms with Gasteiger partial charge < -0.3 is 14.8 Å². The molecule has 4 nitrogen and oxygen atoms in total. The number of carbonyl (C=O) groups is 1. The molecule has 3 aromatic carbocycles. The second-order valence-corrected chi connectivity index (χ2v) is 8.47. The molecule has 0 unspecified atom stereocenters. The van der Waals surface area contributed by atoms with Crippen LogP contribution in [-0.4, -0.2) is 19.1 Å². The van der Waals surface area contributed by atoms with Crippen LogP contribution in [0.2, 0.25) is 0 Å². The number of halogens is 1. The predicted octanol–water partition coefficient (Wildman–Crippen LogP) is 7.28. The Morgan fingerprint density at radius 2 is 1.72 bits per heavy atom. The maximum Gasteiger partial charge on any atom is 0.255 e. The molecule has 0 heterocycles. The van der Waals surface area contributed by atoms with Crippen LogP contribution >= 0.6 is 15.9 Å². The first-order valence-corrected chi connectivity index (χ1v) is 12.0. The Morgan fingerprint density at radius 1 is 0.875 bits per heavy atom. The van der Waals surface area contributed by atoms with Crippen molar-refractivity contribution >= 4 is 27.5 Å². The molecule has 5 heteroatoms. The Morgan fingerprint density at radius 3 is 2.50 bits per heavy atom. The van der Waals surface area contributed by atoms with Gasteiger partial charge in [0.05, 0.1) is 17.7 Å². The van der Waals surface area contributed by atoms with Crippen LogP contribution in [0.3, 0.4) is 0 Å². The largest absolute Gasteiger partial charge is 0.493 e. The summed E-state index contributed by atoms with van der Waals surface area (Å²) < 4.78 is 12.5. The summed E-state index contributed by atoms with van der Waals surface area (Å²) in [6, 6.07) is 23.1. The van der Waals surface area contributed by atoms with Gasteiger partial charge >= 0.3 is 0 Å². The van der Waals surface area contributed by atoms with E-state index in [0.717, 1.165) is 28.8 Å². The van der Waals surface area contributed by atoms with Crippen LogP contribution in [-0.2, 0) is 6.42 Å². The molecule has 0 saturated carbocycles. The van der Waals surface area contributed by atoms with Crippen LogP contribution in [0.15, 0.2) is 77.3 Å². The average molecular weight is 496 g/mol. The molecule has 0 aliphatic carbocycles. The van der Waals surface area contributed by atoms with Crippen molar-refractivity contribution in [3.8, 4) is 11.5 Å². The highest BCUT2D eigenvalue weighted by Crippen LogP contribution is 2.27. The van der Waals surface area contributed by atoms with Gasteiger partial charge in [-0.1, -0.05) is 62.6 Å². The van der Waals surface area contributed by atoms with E-state index >= 15 is 0 Å². The number of nitrogens with one attached hydrogen (secondary N) is 1. The van der Waals surface area contributed by atoms with Crippen LogP contribution in [0.1, 0.15) is 48.5 Å². The van der Waals surface area contributed by atoms with Gasteiger partial charge in [0.1, 0.15) is 11.5 Å². The van der Waals surface area contributed by atoms with Crippen molar-refractivity contribution in [1.29, 1.82) is 0 Å². The lowest BCUT2D eigenvalue weighted by molar-refractivity contribution is 0.102. The van der Waals surface area contributed by atoms with Crippen LogP contribution in [0, 0.1) is 0 Å². The minimum atomic E-state index is -0.179. The lowest BCUT2D eigenvalue weighted by Gasteiger charge is -2.11. The lowest BCUT2D eigenvalue weighted by Crippen LogP contribution is -2.12. The van der Waals surface area contributed by atoms with E-state index in [9.17, 15) is 4.79 Å². The van der Waals surface area contributed by atoms with Gasteiger partial charge in [-0.15, -0.1) is 0 Å². The van der Waals surface area contributed by atoms with Crippen molar-refractivity contribution in [1.82, 2.24) is 0 Å². The summed E-state index contributed by atoms with van der Waals surface area (Å²) in [7, 11) is 0. The van der Waals surface area contributed by atoms with E-state index in [1.807, 2.05) is 48.5 Å². The molecule has 168 valence electrons. The molecule has 0 saturated heterocycles. The zero-order valence-electron chi connectivity index (χ0n) is 18.5. The van der Waals surface area contributed by atoms with Crippen molar-refractivity contribution in [3.63, 3.8) is 0 Å². The number of ether oxygens (including phenoxy) is 2. The summed E-state index contributed by atoms with van der Waals surface area (Å²) in [5, 5.41) is 2.94. The summed E-state index contributed by atoms with van der Waals surface area (Å²) >= 11 is 3.52. The standard InChI is InChI=1S/C27H30BrNO3/c1-2-3-4-8-17-32-26-15-14-22(19-25(26)28)27(30)29-23-12-9-13-24(20-23)31-18-16-21-10-6-5-7-11-21/h5-7,9-15,19-20H,2-4,8,16-18H2,1H3,(H,29,30). The second kappa shape index (κ2) is 12.9.